The molecule has 3 fully saturated rings. The van der Waals surface area contributed by atoms with Crippen molar-refractivity contribution in [2.75, 3.05) is 0 Å². The summed E-state index contributed by atoms with van der Waals surface area (Å²) in [6.07, 6.45) is 2.72. The van der Waals surface area contributed by atoms with Crippen LogP contribution >= 0.6 is 0 Å². The van der Waals surface area contributed by atoms with E-state index in [1.54, 1.807) is 0 Å². The number of carbonyl (C=O) groups excluding carboxylic acids is 2. The van der Waals surface area contributed by atoms with Gasteiger partial charge in [0.15, 0.2) is 5.78 Å². The molecule has 0 heterocycles. The van der Waals surface area contributed by atoms with Crippen LogP contribution in [0.3, 0.4) is 0 Å². The van der Waals surface area contributed by atoms with Crippen molar-refractivity contribution in [3.8, 4) is 0 Å². The molecule has 1 spiro atoms. The molecule has 1 amide bonds. The maximum absolute atomic E-state index is 14.2. The minimum atomic E-state index is -1.68. The summed E-state index contributed by atoms with van der Waals surface area (Å²) < 4.78 is 28.4. The molecule has 0 saturated heterocycles. The number of aliphatic hydroxyl groups is 2. The highest BCUT2D eigenvalue weighted by molar-refractivity contribution is 5.91. The topological polar surface area (TPSA) is 113 Å². The summed E-state index contributed by atoms with van der Waals surface area (Å²) in [5.74, 6) is -4.20. The minimum Gasteiger partial charge on any atom is -0.390 e. The Morgan fingerprint density at radius 2 is 1.97 bits per heavy atom. The average Bonchev–Trinajstić information content (AvgIpc) is 3.16. The van der Waals surface area contributed by atoms with Crippen LogP contribution in [0.4, 0.5) is 8.78 Å². The van der Waals surface area contributed by atoms with Crippen molar-refractivity contribution < 1.29 is 28.6 Å². The molecule has 5 N–H and O–H groups in total. The van der Waals surface area contributed by atoms with Gasteiger partial charge in [-0.2, -0.15) is 0 Å². The Morgan fingerprint density at radius 1 is 1.29 bits per heavy atom. The highest BCUT2D eigenvalue weighted by Gasteiger charge is 2.72. The van der Waals surface area contributed by atoms with Crippen LogP contribution in [0.2, 0.25) is 0 Å². The van der Waals surface area contributed by atoms with E-state index in [0.29, 0.717) is 31.3 Å². The standard InChI is InChI=1S/C26H30F2N2O4/c1-13-10-24-12-25(13,34)9-8-17(24)15-6-7-20(32)26(29,14(2)31)21(15)22(24)23(33)30-11-16-18(27)4-3-5-19(16)28/h3-6,17,20-22,32,34H,1,7-12,29H2,2H3,(H,30,33). The summed E-state index contributed by atoms with van der Waals surface area (Å²) >= 11 is 0. The number of rotatable bonds is 4. The van der Waals surface area contributed by atoms with E-state index < -0.39 is 57.8 Å². The number of halogens is 2. The molecular weight excluding hydrogens is 442 g/mol. The summed E-state index contributed by atoms with van der Waals surface area (Å²) in [6, 6.07) is 3.49. The summed E-state index contributed by atoms with van der Waals surface area (Å²) in [5.41, 5.74) is 4.39. The van der Waals surface area contributed by atoms with Gasteiger partial charge in [-0.3, -0.25) is 9.59 Å². The van der Waals surface area contributed by atoms with Gasteiger partial charge in [0.05, 0.1) is 17.6 Å². The fraction of sp³-hybridized carbons (Fsp3) is 0.538. The van der Waals surface area contributed by atoms with E-state index >= 15 is 0 Å². The Hall–Kier alpha value is -2.42. The van der Waals surface area contributed by atoms with Gasteiger partial charge in [-0.15, -0.1) is 0 Å². The van der Waals surface area contributed by atoms with Crippen LogP contribution in [0, 0.1) is 34.8 Å². The fourth-order valence-electron chi connectivity index (χ4n) is 7.48. The Bertz CT molecular complexity index is 1120. The van der Waals surface area contributed by atoms with Crippen LogP contribution in [0.5, 0.6) is 0 Å². The molecule has 3 saturated carbocycles. The van der Waals surface area contributed by atoms with Gasteiger partial charge in [0.25, 0.3) is 0 Å². The highest BCUT2D eigenvalue weighted by atomic mass is 19.1. The molecule has 4 aliphatic rings. The van der Waals surface area contributed by atoms with Crippen molar-refractivity contribution in [1.82, 2.24) is 5.32 Å². The third kappa shape index (κ3) is 2.94. The van der Waals surface area contributed by atoms with Gasteiger partial charge in [-0.05, 0) is 68.1 Å². The lowest BCUT2D eigenvalue weighted by Gasteiger charge is -2.44. The first-order chi connectivity index (χ1) is 16.0. The molecule has 1 aromatic carbocycles. The maximum Gasteiger partial charge on any atom is 0.224 e. The lowest BCUT2D eigenvalue weighted by molar-refractivity contribution is -0.138. The molecule has 2 bridgehead atoms. The van der Waals surface area contributed by atoms with Gasteiger partial charge in [0, 0.05) is 18.0 Å². The molecule has 7 atom stereocenters. The Labute approximate surface area is 196 Å². The second-order valence-electron chi connectivity index (χ2n) is 10.6. The number of hydrogen-bond acceptors (Lipinski definition) is 5. The zero-order chi connectivity index (χ0) is 24.6. The van der Waals surface area contributed by atoms with Gasteiger partial charge in [-0.1, -0.05) is 24.3 Å². The van der Waals surface area contributed by atoms with E-state index in [-0.39, 0.29) is 24.4 Å². The molecule has 4 aliphatic carbocycles. The summed E-state index contributed by atoms with van der Waals surface area (Å²) in [4.78, 5) is 26.7. The van der Waals surface area contributed by atoms with Crippen LogP contribution in [-0.2, 0) is 16.1 Å². The quantitative estimate of drug-likeness (QED) is 0.503. The zero-order valence-corrected chi connectivity index (χ0v) is 19.1. The monoisotopic (exact) mass is 472 g/mol. The van der Waals surface area contributed by atoms with E-state index in [9.17, 15) is 28.6 Å². The first-order valence-corrected chi connectivity index (χ1v) is 11.7. The molecule has 182 valence electrons. The number of ketones is 1. The third-order valence-electron chi connectivity index (χ3n) is 9.11. The van der Waals surface area contributed by atoms with Gasteiger partial charge in [-0.25, -0.2) is 8.78 Å². The average molecular weight is 473 g/mol. The predicted molar refractivity (Wildman–Crippen MR) is 120 cm³/mol. The third-order valence-corrected chi connectivity index (χ3v) is 9.11. The molecule has 1 aromatic rings. The summed E-state index contributed by atoms with van der Waals surface area (Å²) in [5, 5.41) is 24.8. The number of carbonyl (C=O) groups is 2. The van der Waals surface area contributed by atoms with Gasteiger partial charge < -0.3 is 21.3 Å². The first-order valence-electron chi connectivity index (χ1n) is 11.7. The van der Waals surface area contributed by atoms with Crippen LogP contribution in [0.1, 0.15) is 44.6 Å². The molecule has 7 unspecified atom stereocenters. The molecule has 34 heavy (non-hydrogen) atoms. The first kappa shape index (κ1) is 23.3. The molecule has 0 aromatic heterocycles. The number of aliphatic hydroxyl groups excluding tert-OH is 1. The molecule has 8 heteroatoms. The number of benzene rings is 1. The zero-order valence-electron chi connectivity index (χ0n) is 19.1. The number of hydrogen-bond donors (Lipinski definition) is 4. The highest BCUT2D eigenvalue weighted by Crippen LogP contribution is 2.72. The Balaban J connectivity index is 1.59. The fourth-order valence-corrected chi connectivity index (χ4v) is 7.48. The lowest BCUT2D eigenvalue weighted by Crippen LogP contribution is -2.65. The SMILES string of the molecule is C=C1CC23CC1(O)CCC2C1=CCC(O)C(N)(C(C)=O)C1C3C(=O)NCc1c(F)cccc1F. The number of Topliss-reactive ketones (excluding diaryl/α,β-unsaturated/α-hetero) is 1. The normalized spacial score (nSPS) is 40.4. The van der Waals surface area contributed by atoms with Gasteiger partial charge in [0.1, 0.15) is 17.2 Å². The van der Waals surface area contributed by atoms with Crippen molar-refractivity contribution in [3.05, 3.63) is 59.2 Å². The number of fused-ring (bicyclic) bond motifs is 3. The number of nitrogens with one attached hydrogen (secondary N) is 1. The second kappa shape index (κ2) is 7.54. The number of amides is 1. The molecule has 0 radical (unpaired) electrons. The Morgan fingerprint density at radius 3 is 2.62 bits per heavy atom. The molecular formula is C26H30F2N2O4. The van der Waals surface area contributed by atoms with Crippen LogP contribution in [-0.4, -0.2) is 39.1 Å². The smallest absolute Gasteiger partial charge is 0.224 e. The van der Waals surface area contributed by atoms with E-state index in [4.69, 9.17) is 5.73 Å². The molecule has 0 aliphatic heterocycles. The van der Waals surface area contributed by atoms with Crippen molar-refractivity contribution in [2.45, 2.75) is 62.8 Å². The number of nitrogens with two attached hydrogens (primary N) is 1. The second-order valence-corrected chi connectivity index (χ2v) is 10.6. The summed E-state index contributed by atoms with van der Waals surface area (Å²) in [7, 11) is 0. The van der Waals surface area contributed by atoms with Crippen LogP contribution < -0.4 is 11.1 Å². The van der Waals surface area contributed by atoms with Crippen LogP contribution in [0.25, 0.3) is 0 Å². The largest absolute Gasteiger partial charge is 0.390 e. The van der Waals surface area contributed by atoms with E-state index in [1.165, 1.54) is 13.0 Å². The maximum atomic E-state index is 14.2. The lowest BCUT2D eigenvalue weighted by atomic mass is 9.62. The van der Waals surface area contributed by atoms with Crippen LogP contribution in [0.15, 0.2) is 42.0 Å². The van der Waals surface area contributed by atoms with E-state index in [1.807, 2.05) is 6.08 Å². The minimum absolute atomic E-state index is 0.104. The van der Waals surface area contributed by atoms with Crippen molar-refractivity contribution in [2.24, 2.45) is 28.9 Å². The van der Waals surface area contributed by atoms with Crippen molar-refractivity contribution in [1.29, 1.82) is 0 Å². The van der Waals surface area contributed by atoms with Gasteiger partial charge >= 0.3 is 0 Å². The van der Waals surface area contributed by atoms with Crippen molar-refractivity contribution >= 4 is 11.7 Å². The van der Waals surface area contributed by atoms with Gasteiger partial charge in [0.2, 0.25) is 5.91 Å². The molecule has 6 nitrogen and oxygen atoms in total. The van der Waals surface area contributed by atoms with E-state index in [0.717, 1.165) is 17.7 Å². The van der Waals surface area contributed by atoms with E-state index in [2.05, 4.69) is 11.9 Å². The van der Waals surface area contributed by atoms with Crippen molar-refractivity contribution in [3.63, 3.8) is 0 Å². The summed E-state index contributed by atoms with van der Waals surface area (Å²) in [6.45, 7) is 5.04. The predicted octanol–water partition coefficient (Wildman–Crippen LogP) is 2.28. The Kier molecular flexibility index (Phi) is 5.17. The molecule has 5 rings (SSSR count).